The van der Waals surface area contributed by atoms with Gasteiger partial charge in [-0.25, -0.2) is 0 Å². The highest BCUT2D eigenvalue weighted by Gasteiger charge is 2.25. The maximum atomic E-state index is 11.5. The van der Waals surface area contributed by atoms with Gasteiger partial charge in [-0.1, -0.05) is 145 Å². The zero-order valence-electron chi connectivity index (χ0n) is 64.0. The summed E-state index contributed by atoms with van der Waals surface area (Å²) >= 11 is 0. The predicted octanol–water partition coefficient (Wildman–Crippen LogP) is 15.6. The lowest BCUT2D eigenvalue weighted by molar-refractivity contribution is -0.129. The average molecular weight is 1290 g/mol. The molecule has 1 fully saturated rings. The van der Waals surface area contributed by atoms with E-state index in [0.29, 0.717) is 31.1 Å². The van der Waals surface area contributed by atoms with Gasteiger partial charge in [0.1, 0.15) is 13.1 Å². The summed E-state index contributed by atoms with van der Waals surface area (Å²) in [4.78, 5) is 24.2. The third-order valence-corrected chi connectivity index (χ3v) is 16.0. The van der Waals surface area contributed by atoms with E-state index < -0.39 is 5.60 Å². The van der Waals surface area contributed by atoms with Crippen LogP contribution >= 0.6 is 0 Å². The molecule has 15 heteroatoms. The van der Waals surface area contributed by atoms with Gasteiger partial charge in [-0.2, -0.15) is 0 Å². The number of carbonyl (C=O) groups is 2. The second-order valence-corrected chi connectivity index (χ2v) is 33.8. The lowest BCUT2D eigenvalue weighted by Gasteiger charge is -2.27. The van der Waals surface area contributed by atoms with Crippen LogP contribution in [0.1, 0.15) is 218 Å². The van der Waals surface area contributed by atoms with Crippen LogP contribution in [-0.2, 0) is 95.7 Å². The van der Waals surface area contributed by atoms with Crippen LogP contribution in [0.4, 0.5) is 0 Å². The molecule has 0 atom stereocenters. The molecule has 1 saturated heterocycles. The maximum absolute atomic E-state index is 11.5. The Hall–Kier alpha value is -6.26. The van der Waals surface area contributed by atoms with Crippen LogP contribution < -0.4 is 5.32 Å². The second-order valence-electron chi connectivity index (χ2n) is 33.8. The fourth-order valence-corrected chi connectivity index (χ4v) is 8.88. The number of rotatable bonds is 12. The zero-order valence-corrected chi connectivity index (χ0v) is 64.0. The molecule has 0 radical (unpaired) electrons. The van der Waals surface area contributed by atoms with Crippen molar-refractivity contribution in [2.24, 2.45) is 7.05 Å². The molecule has 0 aromatic carbocycles. The van der Waals surface area contributed by atoms with Gasteiger partial charge >= 0.3 is 0 Å². The van der Waals surface area contributed by atoms with Gasteiger partial charge in [-0.3, -0.25) is 9.59 Å². The number of aromatic nitrogens is 7. The summed E-state index contributed by atoms with van der Waals surface area (Å²) in [5.74, 6) is 0.145. The fraction of sp³-hybridized carbons (Fsp3) is 0.615. The molecule has 8 rings (SSSR count). The molecule has 7 aromatic rings. The number of nitrogens with one attached hydrogen (secondary N) is 1. The third-order valence-electron chi connectivity index (χ3n) is 16.0. The van der Waals surface area contributed by atoms with E-state index in [-0.39, 0.29) is 56.5 Å². The number of likely N-dealkylation sites (N-methyl/N-ethyl adjacent to an activating group) is 2. The smallest absolute Gasteiger partial charge is 0.241 e. The number of nitrogens with zero attached hydrogens (tertiary/aromatic N) is 8. The number of aliphatic hydroxyl groups excluding tert-OH is 1. The molecule has 8 heterocycles. The Labute approximate surface area is 564 Å². The van der Waals surface area contributed by atoms with E-state index in [1.165, 1.54) is 38.9 Å². The van der Waals surface area contributed by atoms with E-state index in [4.69, 9.17) is 9.47 Å². The monoisotopic (exact) mass is 1290 g/mol. The Bertz CT molecular complexity index is 3250. The average Bonchev–Trinajstić information content (AvgIpc) is 1.99. The Morgan fingerprint density at radius 2 is 0.860 bits per heavy atom. The third kappa shape index (κ3) is 30.4. The van der Waals surface area contributed by atoms with Crippen molar-refractivity contribution in [2.45, 2.75) is 254 Å². The van der Waals surface area contributed by atoms with E-state index in [1.54, 1.807) is 33.2 Å². The van der Waals surface area contributed by atoms with Crippen LogP contribution in [0, 0.1) is 0 Å². The van der Waals surface area contributed by atoms with Crippen molar-refractivity contribution in [1.82, 2.24) is 42.2 Å². The molecule has 3 N–H and O–H groups in total. The summed E-state index contributed by atoms with van der Waals surface area (Å²) < 4.78 is 24.7. The maximum Gasteiger partial charge on any atom is 0.241 e. The van der Waals surface area contributed by atoms with Gasteiger partial charge in [0.2, 0.25) is 11.8 Å². The van der Waals surface area contributed by atoms with Gasteiger partial charge in [-0.15, -0.1) is 0 Å². The van der Waals surface area contributed by atoms with Crippen molar-refractivity contribution in [1.29, 1.82) is 0 Å². The number of aliphatic hydroxyl groups is 2. The minimum Gasteiger partial charge on any atom is -0.394 e. The Morgan fingerprint density at radius 3 is 1.18 bits per heavy atom. The number of amides is 2. The number of hydrogen-bond donors (Lipinski definition) is 3. The van der Waals surface area contributed by atoms with Crippen LogP contribution in [-0.4, -0.2) is 119 Å². The molecule has 0 aliphatic carbocycles. The summed E-state index contributed by atoms with van der Waals surface area (Å²) in [6.45, 7) is 59.0. The molecule has 524 valence electrons. The van der Waals surface area contributed by atoms with Crippen molar-refractivity contribution in [2.75, 3.05) is 54.7 Å². The van der Waals surface area contributed by atoms with Gasteiger partial charge in [-0.05, 0) is 147 Å². The summed E-state index contributed by atoms with van der Waals surface area (Å²) in [6.07, 6.45) is 29.2. The van der Waals surface area contributed by atoms with Crippen LogP contribution in [0.3, 0.4) is 0 Å². The van der Waals surface area contributed by atoms with Crippen molar-refractivity contribution >= 4 is 11.8 Å². The van der Waals surface area contributed by atoms with Crippen molar-refractivity contribution < 1.29 is 29.3 Å². The predicted molar refractivity (Wildman–Crippen MR) is 390 cm³/mol. The highest BCUT2D eigenvalue weighted by Crippen LogP contribution is 2.29. The van der Waals surface area contributed by atoms with Crippen LogP contribution in [0.5, 0.6) is 0 Å². The number of aryl methyl sites for hydroxylation is 1. The van der Waals surface area contributed by atoms with E-state index >= 15 is 0 Å². The minimum absolute atomic E-state index is 0.0288. The van der Waals surface area contributed by atoms with Gasteiger partial charge in [0, 0.05) is 129 Å². The summed E-state index contributed by atoms with van der Waals surface area (Å²) in [7, 11) is 8.98. The standard InChI is InChI=1S/C12H20N2O.2C12H21NO.C11H18N2O.C11H17NO.C11H19NO.C9H15N/c1-12(2,3)10-6-7-14(8-10)9-11(15)13(4)5;1-11(2,3)10-6-7-13(8-10)12(4,5)9-14;1-11(2,3)10-6-7-13(8-10)9-12(4,5)14;1-11(2,3)9-5-6-13(7-9)8-10(14)12-4;1-11(2,3)9-4-5-12(6-9)10-7-13-8-10;1-11(2,3)10-5-6-12(9-10)7-8-13-4;1-9(2,3)8-5-6-10(4)7-8/h6-8H,9H2,1-5H3;2*6-8,14H,9H2,1-5H3;5-7H,8H2,1-4H3,(H,12,14);4-6,10H,7-8H2,1-3H3;5-6,9H,7-8H2,1-4H3;5-7H,1-4H3. The highest BCUT2D eigenvalue weighted by atomic mass is 16.5. The molecule has 0 unspecified atom stereocenters. The largest absolute Gasteiger partial charge is 0.394 e. The summed E-state index contributed by atoms with van der Waals surface area (Å²) in [5.41, 5.74) is 9.91. The molecule has 15 nitrogen and oxygen atoms in total. The molecule has 0 bridgehead atoms. The van der Waals surface area contributed by atoms with Gasteiger partial charge in [0.25, 0.3) is 0 Å². The molecule has 93 heavy (non-hydrogen) atoms. The molecule has 1 aliphatic rings. The molecule has 0 saturated carbocycles. The first kappa shape index (κ1) is 82.8. The molecule has 7 aromatic heterocycles. The lowest BCUT2D eigenvalue weighted by Crippen LogP contribution is -2.29. The van der Waals surface area contributed by atoms with Crippen LogP contribution in [0.25, 0.3) is 0 Å². The first-order chi connectivity index (χ1) is 42.3. The highest BCUT2D eigenvalue weighted by molar-refractivity contribution is 5.75. The summed E-state index contributed by atoms with van der Waals surface area (Å²) in [5, 5.41) is 21.5. The molecule has 1 aliphatic heterocycles. The van der Waals surface area contributed by atoms with E-state index in [1.807, 2.05) is 78.6 Å². The Kier molecular flexibility index (Phi) is 30.7. The summed E-state index contributed by atoms with van der Waals surface area (Å²) in [6, 6.07) is 15.5. The number of ether oxygens (including phenoxy) is 2. The van der Waals surface area contributed by atoms with Crippen molar-refractivity contribution in [3.05, 3.63) is 168 Å². The number of carbonyl (C=O) groups excluding carboxylic acids is 2. The molecular weight excluding hydrogens is 1160 g/mol. The first-order valence-electron chi connectivity index (χ1n) is 33.3. The first-order valence-corrected chi connectivity index (χ1v) is 33.3. The lowest BCUT2D eigenvalue weighted by atomic mass is 9.89. The van der Waals surface area contributed by atoms with Gasteiger partial charge in [0.15, 0.2) is 0 Å². The molecular formula is C78H131N9O6. The van der Waals surface area contributed by atoms with Crippen LogP contribution in [0.15, 0.2) is 129 Å². The number of methoxy groups -OCH3 is 1. The van der Waals surface area contributed by atoms with Crippen LogP contribution in [0.2, 0.25) is 0 Å². The van der Waals surface area contributed by atoms with E-state index in [9.17, 15) is 19.8 Å². The Balaban J connectivity index is 0.000000370. The SMILES string of the molecule is CC(C)(C)c1ccn(C(C)(C)CO)c1.CC(C)(C)c1ccn(C2COC2)c1.CC(C)(O)Cn1ccc(C(C)(C)C)c1.CN(C)C(=O)Cn1ccc(C(C)(C)C)c1.CNC(=O)Cn1ccc(C(C)(C)C)c1.COCCn1ccc(C(C)(C)C)c1.Cn1ccc(C(C)(C)C)c1. The van der Waals surface area contributed by atoms with Gasteiger partial charge in [0.05, 0.1) is 50.2 Å². The topological polar surface area (TPSA) is 143 Å². The van der Waals surface area contributed by atoms with E-state index in [0.717, 1.165) is 26.4 Å². The second kappa shape index (κ2) is 34.4. The molecule has 2 amide bonds. The normalized spacial score (nSPS) is 13.2. The number of hydrogen-bond acceptors (Lipinski definition) is 6. The Morgan fingerprint density at radius 1 is 0.505 bits per heavy atom. The molecule has 0 spiro atoms. The fourth-order valence-electron chi connectivity index (χ4n) is 8.88. The van der Waals surface area contributed by atoms with Crippen molar-refractivity contribution in [3.63, 3.8) is 0 Å². The minimum atomic E-state index is -0.645. The quantitative estimate of drug-likeness (QED) is 0.111. The van der Waals surface area contributed by atoms with Crippen molar-refractivity contribution in [3.8, 4) is 0 Å². The zero-order chi connectivity index (χ0) is 71.5. The van der Waals surface area contributed by atoms with E-state index in [2.05, 4.69) is 268 Å². The van der Waals surface area contributed by atoms with Gasteiger partial charge < -0.3 is 61.9 Å².